The summed E-state index contributed by atoms with van der Waals surface area (Å²) in [5.74, 6) is 1.49. The van der Waals surface area contributed by atoms with Crippen LogP contribution in [0.5, 0.6) is 0 Å². The fraction of sp³-hybridized carbons (Fsp3) is 0.154. The number of fused-ring (bicyclic) bond motifs is 5. The molecule has 7 rings (SSSR count). The van der Waals surface area contributed by atoms with Gasteiger partial charge in [-0.25, -0.2) is 28.2 Å². The van der Waals surface area contributed by atoms with E-state index >= 15 is 0 Å². The van der Waals surface area contributed by atoms with Crippen LogP contribution in [0.4, 0.5) is 8.78 Å². The molecular weight excluding hydrogens is 452 g/mol. The van der Waals surface area contributed by atoms with Gasteiger partial charge in [0.2, 0.25) is 0 Å². The number of rotatable bonds is 4. The molecule has 8 heteroatoms. The average molecular weight is 470 g/mol. The van der Waals surface area contributed by atoms with Crippen molar-refractivity contribution in [2.45, 2.75) is 24.7 Å². The first kappa shape index (κ1) is 19.7. The predicted octanol–water partition coefficient (Wildman–Crippen LogP) is 6.76. The molecule has 166 valence electrons. The van der Waals surface area contributed by atoms with Gasteiger partial charge in [0.1, 0.15) is 21.6 Å². The van der Waals surface area contributed by atoms with Gasteiger partial charge in [-0.3, -0.25) is 0 Å². The van der Waals surface area contributed by atoms with Crippen molar-refractivity contribution in [2.75, 3.05) is 0 Å². The quantitative estimate of drug-likeness (QED) is 0.286. The van der Waals surface area contributed by atoms with Gasteiger partial charge in [-0.05, 0) is 35.1 Å². The second kappa shape index (κ2) is 7.36. The summed E-state index contributed by atoms with van der Waals surface area (Å²) in [5, 5.41) is 5.48. The zero-order valence-corrected chi connectivity index (χ0v) is 18.6. The van der Waals surface area contributed by atoms with E-state index in [1.54, 1.807) is 10.8 Å². The third-order valence-corrected chi connectivity index (χ3v) is 7.53. The van der Waals surface area contributed by atoms with Crippen molar-refractivity contribution in [1.82, 2.24) is 24.6 Å². The molecule has 2 aromatic carbocycles. The van der Waals surface area contributed by atoms with E-state index in [1.165, 1.54) is 23.0 Å². The Morgan fingerprint density at radius 1 is 0.941 bits per heavy atom. The molecule has 0 radical (unpaired) electrons. The topological polar surface area (TPSA) is 56.0 Å². The third kappa shape index (κ3) is 3.02. The van der Waals surface area contributed by atoms with Gasteiger partial charge >= 0.3 is 0 Å². The largest absolute Gasteiger partial charge is 0.280 e. The fourth-order valence-corrected chi connectivity index (χ4v) is 5.86. The fourth-order valence-electron chi connectivity index (χ4n) is 4.73. The Morgan fingerprint density at radius 3 is 2.47 bits per heavy atom. The Hall–Kier alpha value is -3.78. The van der Waals surface area contributed by atoms with Gasteiger partial charge in [-0.2, -0.15) is 0 Å². The number of aromatic nitrogens is 5. The molecule has 0 saturated heterocycles. The van der Waals surface area contributed by atoms with Crippen LogP contribution >= 0.6 is 11.3 Å². The lowest BCUT2D eigenvalue weighted by Crippen LogP contribution is -1.93. The number of benzene rings is 2. The van der Waals surface area contributed by atoms with E-state index in [4.69, 9.17) is 10.1 Å². The number of alkyl halides is 2. The number of pyridine rings is 1. The molecule has 1 saturated carbocycles. The van der Waals surface area contributed by atoms with Crippen LogP contribution in [0.25, 0.3) is 37.2 Å². The van der Waals surface area contributed by atoms with Crippen LogP contribution in [-0.2, 0) is 0 Å². The van der Waals surface area contributed by atoms with Crippen LogP contribution in [0.3, 0.4) is 0 Å². The zero-order chi connectivity index (χ0) is 22.8. The number of hydrogen-bond donors (Lipinski definition) is 0. The molecule has 6 aromatic rings. The summed E-state index contributed by atoms with van der Waals surface area (Å²) < 4.78 is 29.9. The highest BCUT2D eigenvalue weighted by Crippen LogP contribution is 2.53. The predicted molar refractivity (Wildman–Crippen MR) is 128 cm³/mol. The van der Waals surface area contributed by atoms with E-state index in [2.05, 4.69) is 34.2 Å². The highest BCUT2D eigenvalue weighted by molar-refractivity contribution is 7.26. The summed E-state index contributed by atoms with van der Waals surface area (Å²) in [6, 6.07) is 21.4. The highest BCUT2D eigenvalue weighted by atomic mass is 32.1. The van der Waals surface area contributed by atoms with Gasteiger partial charge in [-0.15, -0.1) is 16.4 Å². The minimum Gasteiger partial charge on any atom is -0.236 e. The van der Waals surface area contributed by atoms with Gasteiger partial charge in [-0.1, -0.05) is 60.7 Å². The van der Waals surface area contributed by atoms with Crippen molar-refractivity contribution in [1.29, 1.82) is 0 Å². The lowest BCUT2D eigenvalue weighted by molar-refractivity contribution is 0.146. The number of halogens is 2. The Labute approximate surface area is 196 Å². The van der Waals surface area contributed by atoms with Crippen LogP contribution < -0.4 is 0 Å². The maximum atomic E-state index is 13.7. The Morgan fingerprint density at radius 2 is 1.71 bits per heavy atom. The highest BCUT2D eigenvalue weighted by Gasteiger charge is 2.42. The molecule has 0 bridgehead atoms. The summed E-state index contributed by atoms with van der Waals surface area (Å²) >= 11 is 1.34. The van der Waals surface area contributed by atoms with E-state index in [9.17, 15) is 8.78 Å². The summed E-state index contributed by atoms with van der Waals surface area (Å²) in [6.07, 6.45) is 0.0201. The summed E-state index contributed by atoms with van der Waals surface area (Å²) in [7, 11) is 0. The number of hydrogen-bond acceptors (Lipinski definition) is 5. The van der Waals surface area contributed by atoms with Gasteiger partial charge in [0.15, 0.2) is 11.5 Å². The van der Waals surface area contributed by atoms with Crippen molar-refractivity contribution < 1.29 is 8.78 Å². The monoisotopic (exact) mass is 469 g/mol. The van der Waals surface area contributed by atoms with E-state index in [-0.39, 0.29) is 11.6 Å². The molecule has 34 heavy (non-hydrogen) atoms. The molecule has 0 spiro atoms. The Kier molecular flexibility index (Phi) is 4.26. The zero-order valence-electron chi connectivity index (χ0n) is 17.8. The van der Waals surface area contributed by atoms with Crippen LogP contribution in [0.2, 0.25) is 0 Å². The molecule has 0 amide bonds. The van der Waals surface area contributed by atoms with E-state index in [1.807, 2.05) is 36.4 Å². The van der Waals surface area contributed by atoms with Crippen molar-refractivity contribution >= 4 is 37.4 Å². The van der Waals surface area contributed by atoms with Crippen molar-refractivity contribution in [3.8, 4) is 11.1 Å². The molecule has 2 atom stereocenters. The van der Waals surface area contributed by atoms with Crippen LogP contribution in [0.1, 0.15) is 41.8 Å². The van der Waals surface area contributed by atoms with E-state index < -0.39 is 6.43 Å². The van der Waals surface area contributed by atoms with Gasteiger partial charge in [0.05, 0.1) is 5.52 Å². The molecule has 1 aliphatic rings. The van der Waals surface area contributed by atoms with Gasteiger partial charge in [0.25, 0.3) is 6.43 Å². The maximum absolute atomic E-state index is 13.7. The van der Waals surface area contributed by atoms with E-state index in [0.717, 1.165) is 27.9 Å². The van der Waals surface area contributed by atoms with Gasteiger partial charge in [0, 0.05) is 11.3 Å². The molecule has 0 N–H and O–H groups in total. The molecule has 0 aliphatic heterocycles. The SMILES string of the molecule is FC(F)c1cc(-c2ccccc2)c2c(n1)sc1c2ncn2nc(C3CC3c3ccccc3)nc12. The van der Waals surface area contributed by atoms with Crippen molar-refractivity contribution in [3.05, 3.63) is 90.1 Å². The average Bonchev–Trinajstić information content (AvgIpc) is 3.40. The van der Waals surface area contributed by atoms with Crippen LogP contribution in [0.15, 0.2) is 73.1 Å². The minimum atomic E-state index is -2.66. The van der Waals surface area contributed by atoms with Crippen LogP contribution in [0, 0.1) is 0 Å². The normalized spacial score (nSPS) is 17.9. The Balaban J connectivity index is 1.41. The third-order valence-electron chi connectivity index (χ3n) is 6.46. The minimum absolute atomic E-state index is 0.236. The first-order chi connectivity index (χ1) is 16.7. The molecular formula is C26H17F2N5S. The molecule has 1 aliphatic carbocycles. The molecule has 4 aromatic heterocycles. The molecule has 2 unspecified atom stereocenters. The van der Waals surface area contributed by atoms with Crippen molar-refractivity contribution in [2.24, 2.45) is 0 Å². The molecule has 1 fully saturated rings. The van der Waals surface area contributed by atoms with Gasteiger partial charge < -0.3 is 0 Å². The van der Waals surface area contributed by atoms with Crippen molar-refractivity contribution in [3.63, 3.8) is 0 Å². The smallest absolute Gasteiger partial charge is 0.236 e. The maximum Gasteiger partial charge on any atom is 0.280 e. The first-order valence-electron chi connectivity index (χ1n) is 11.0. The van der Waals surface area contributed by atoms with Crippen LogP contribution in [-0.4, -0.2) is 24.6 Å². The lowest BCUT2D eigenvalue weighted by Gasteiger charge is -2.07. The summed E-state index contributed by atoms with van der Waals surface area (Å²) in [5.41, 5.74) is 4.03. The second-order valence-electron chi connectivity index (χ2n) is 8.56. The standard InChI is InChI=1S/C26H17F2N5S/c27-23(28)19-12-17(15-9-5-2-6-10-15)20-21-22(34-26(20)30-19)25-31-24(32-33(25)13-29-21)18-11-16(18)14-7-3-1-4-8-14/h1-10,12-13,16,18,23H,11H2. The van der Waals surface area contributed by atoms with E-state index in [0.29, 0.717) is 27.5 Å². The lowest BCUT2D eigenvalue weighted by atomic mass is 10.0. The summed E-state index contributed by atoms with van der Waals surface area (Å²) in [6.45, 7) is 0. The molecule has 5 nitrogen and oxygen atoms in total. The Bertz CT molecular complexity index is 1680. The second-order valence-corrected chi connectivity index (χ2v) is 9.56. The molecule has 4 heterocycles. The number of thiophene rings is 1. The number of nitrogens with zero attached hydrogens (tertiary/aromatic N) is 5. The summed E-state index contributed by atoms with van der Waals surface area (Å²) in [4.78, 5) is 14.4. The first-order valence-corrected chi connectivity index (χ1v) is 11.9.